The van der Waals surface area contributed by atoms with Gasteiger partial charge >= 0.3 is 0 Å². The van der Waals surface area contributed by atoms with Crippen molar-refractivity contribution in [2.24, 2.45) is 0 Å². The number of thiophene rings is 1. The Kier molecular flexibility index (Phi) is 4.05. The summed E-state index contributed by atoms with van der Waals surface area (Å²) in [7, 11) is 0. The van der Waals surface area contributed by atoms with Crippen molar-refractivity contribution >= 4 is 22.9 Å². The fourth-order valence-electron chi connectivity index (χ4n) is 1.62. The Balaban J connectivity index is 2.03. The van der Waals surface area contributed by atoms with E-state index in [2.05, 4.69) is 23.7 Å². The van der Waals surface area contributed by atoms with Gasteiger partial charge in [-0.25, -0.2) is 0 Å². The van der Waals surface area contributed by atoms with Crippen LogP contribution in [0.5, 0.6) is 5.75 Å². The number of rotatable bonds is 4. The molecule has 17 heavy (non-hydrogen) atoms. The van der Waals surface area contributed by atoms with Crippen molar-refractivity contribution in [1.29, 1.82) is 0 Å². The summed E-state index contributed by atoms with van der Waals surface area (Å²) in [4.78, 5) is 1.27. The molecule has 90 valence electrons. The van der Waals surface area contributed by atoms with E-state index < -0.39 is 0 Å². The summed E-state index contributed by atoms with van der Waals surface area (Å²) in [5.41, 5.74) is 0.748. The minimum atomic E-state index is 0.239. The van der Waals surface area contributed by atoms with Crippen LogP contribution in [0.15, 0.2) is 35.7 Å². The Morgan fingerprint density at radius 1 is 1.35 bits per heavy atom. The Morgan fingerprint density at radius 2 is 2.18 bits per heavy atom. The number of phenolic OH excluding ortho intramolecular Hbond substituents is 1. The molecule has 0 bridgehead atoms. The molecule has 1 heterocycles. The van der Waals surface area contributed by atoms with Crippen LogP contribution in [0, 0.1) is 0 Å². The molecule has 0 spiro atoms. The second-order valence-electron chi connectivity index (χ2n) is 3.86. The first-order chi connectivity index (χ1) is 8.18. The summed E-state index contributed by atoms with van der Waals surface area (Å²) >= 11 is 7.76. The predicted molar refractivity (Wildman–Crippen MR) is 72.7 cm³/mol. The highest BCUT2D eigenvalue weighted by Gasteiger charge is 2.09. The molecule has 0 aliphatic rings. The fraction of sp³-hybridized carbons (Fsp3) is 0.231. The van der Waals surface area contributed by atoms with Gasteiger partial charge in [0.25, 0.3) is 0 Å². The summed E-state index contributed by atoms with van der Waals surface area (Å²) in [6.07, 6.45) is 0. The Labute approximate surface area is 110 Å². The summed E-state index contributed by atoms with van der Waals surface area (Å²) in [5.74, 6) is 0.239. The number of phenols is 1. The van der Waals surface area contributed by atoms with Crippen molar-refractivity contribution in [2.45, 2.75) is 19.5 Å². The zero-order valence-corrected chi connectivity index (χ0v) is 11.1. The Bertz CT molecular complexity index is 464. The summed E-state index contributed by atoms with van der Waals surface area (Å²) in [6, 6.07) is 9.56. The van der Waals surface area contributed by atoms with Crippen LogP contribution in [-0.2, 0) is 6.54 Å². The van der Waals surface area contributed by atoms with Gasteiger partial charge in [-0.05, 0) is 30.5 Å². The van der Waals surface area contributed by atoms with E-state index in [-0.39, 0.29) is 11.8 Å². The average molecular weight is 268 g/mol. The molecule has 2 N–H and O–H groups in total. The molecule has 0 radical (unpaired) electrons. The maximum atomic E-state index is 9.71. The lowest BCUT2D eigenvalue weighted by Gasteiger charge is -2.13. The van der Waals surface area contributed by atoms with Crippen LogP contribution in [0.2, 0.25) is 5.02 Å². The van der Waals surface area contributed by atoms with Crippen molar-refractivity contribution in [2.75, 3.05) is 0 Å². The average Bonchev–Trinajstić information content (AvgIpc) is 2.81. The van der Waals surface area contributed by atoms with Gasteiger partial charge in [0.05, 0.1) is 0 Å². The molecular weight excluding hydrogens is 254 g/mol. The molecule has 1 atom stereocenters. The second-order valence-corrected chi connectivity index (χ2v) is 5.24. The van der Waals surface area contributed by atoms with Crippen molar-refractivity contribution < 1.29 is 5.11 Å². The smallest absolute Gasteiger partial charge is 0.121 e. The zero-order valence-electron chi connectivity index (χ0n) is 9.48. The van der Waals surface area contributed by atoms with E-state index >= 15 is 0 Å². The molecule has 0 fully saturated rings. The Hall–Kier alpha value is -1.03. The number of nitrogens with one attached hydrogen (secondary N) is 1. The summed E-state index contributed by atoms with van der Waals surface area (Å²) in [5, 5.41) is 15.7. The van der Waals surface area contributed by atoms with Crippen LogP contribution in [0.1, 0.15) is 23.4 Å². The molecule has 0 aliphatic heterocycles. The molecule has 0 unspecified atom stereocenters. The highest BCUT2D eigenvalue weighted by Crippen LogP contribution is 2.26. The highest BCUT2D eigenvalue weighted by molar-refractivity contribution is 7.10. The van der Waals surface area contributed by atoms with Crippen molar-refractivity contribution in [3.8, 4) is 5.75 Å². The molecule has 1 aromatic carbocycles. The molecule has 0 saturated heterocycles. The maximum Gasteiger partial charge on any atom is 0.121 e. The van der Waals surface area contributed by atoms with E-state index in [4.69, 9.17) is 11.6 Å². The number of hydrogen-bond donors (Lipinski definition) is 2. The minimum Gasteiger partial charge on any atom is -0.508 e. The van der Waals surface area contributed by atoms with Crippen molar-refractivity contribution in [1.82, 2.24) is 5.32 Å². The summed E-state index contributed by atoms with van der Waals surface area (Å²) < 4.78 is 0. The van der Waals surface area contributed by atoms with Crippen molar-refractivity contribution in [3.63, 3.8) is 0 Å². The van der Waals surface area contributed by atoms with Crippen LogP contribution in [0.3, 0.4) is 0 Å². The van der Waals surface area contributed by atoms with Crippen molar-refractivity contribution in [3.05, 3.63) is 51.2 Å². The van der Waals surface area contributed by atoms with Crippen LogP contribution in [0.25, 0.3) is 0 Å². The van der Waals surface area contributed by atoms with E-state index in [0.29, 0.717) is 11.6 Å². The van der Waals surface area contributed by atoms with Crippen LogP contribution in [-0.4, -0.2) is 5.11 Å². The summed E-state index contributed by atoms with van der Waals surface area (Å²) in [6.45, 7) is 2.66. The molecule has 2 rings (SSSR count). The van der Waals surface area contributed by atoms with Gasteiger partial charge in [0.1, 0.15) is 5.75 Å². The van der Waals surface area contributed by atoms with Gasteiger partial charge in [0.2, 0.25) is 0 Å². The van der Waals surface area contributed by atoms with Crippen LogP contribution in [0.4, 0.5) is 0 Å². The normalized spacial score (nSPS) is 12.6. The quantitative estimate of drug-likeness (QED) is 0.879. The second kappa shape index (κ2) is 5.54. The maximum absolute atomic E-state index is 9.71. The van der Waals surface area contributed by atoms with Gasteiger partial charge in [0, 0.05) is 28.0 Å². The lowest BCUT2D eigenvalue weighted by Crippen LogP contribution is -2.17. The monoisotopic (exact) mass is 267 g/mol. The molecule has 1 aromatic heterocycles. The first kappa shape index (κ1) is 12.4. The predicted octanol–water partition coefficient (Wildman–Crippen LogP) is 3.96. The lowest BCUT2D eigenvalue weighted by atomic mass is 10.2. The van der Waals surface area contributed by atoms with Gasteiger partial charge < -0.3 is 10.4 Å². The van der Waals surface area contributed by atoms with E-state index in [9.17, 15) is 5.11 Å². The zero-order chi connectivity index (χ0) is 12.3. The van der Waals surface area contributed by atoms with E-state index in [0.717, 1.165) is 5.56 Å². The standard InChI is InChI=1S/C13H14ClNOS/c1-9(13-6-3-7-17-13)15-8-10-11(14)4-2-5-12(10)16/h2-7,9,15-16H,8H2,1H3/t9-/m0/s1. The fourth-order valence-corrected chi connectivity index (χ4v) is 2.61. The number of hydrogen-bond acceptors (Lipinski definition) is 3. The first-order valence-electron chi connectivity index (χ1n) is 5.41. The van der Waals surface area contributed by atoms with Gasteiger partial charge in [0.15, 0.2) is 0 Å². The first-order valence-corrected chi connectivity index (χ1v) is 6.67. The molecular formula is C13H14ClNOS. The van der Waals surface area contributed by atoms with Crippen LogP contribution < -0.4 is 5.32 Å². The van der Waals surface area contributed by atoms with Gasteiger partial charge in [-0.15, -0.1) is 11.3 Å². The minimum absolute atomic E-state index is 0.239. The SMILES string of the molecule is C[C@H](NCc1c(O)cccc1Cl)c1cccs1. The van der Waals surface area contributed by atoms with Gasteiger partial charge in [-0.1, -0.05) is 23.7 Å². The molecule has 2 aromatic rings. The number of halogens is 1. The largest absolute Gasteiger partial charge is 0.508 e. The topological polar surface area (TPSA) is 32.3 Å². The molecule has 2 nitrogen and oxygen atoms in total. The molecule has 4 heteroatoms. The van der Waals surface area contributed by atoms with Gasteiger partial charge in [-0.2, -0.15) is 0 Å². The van der Waals surface area contributed by atoms with E-state index in [1.165, 1.54) is 4.88 Å². The highest BCUT2D eigenvalue weighted by atomic mass is 35.5. The third-order valence-electron chi connectivity index (χ3n) is 2.65. The third-order valence-corrected chi connectivity index (χ3v) is 4.06. The molecule has 0 aliphatic carbocycles. The molecule has 0 amide bonds. The van der Waals surface area contributed by atoms with E-state index in [1.807, 2.05) is 6.07 Å². The number of benzene rings is 1. The lowest BCUT2D eigenvalue weighted by molar-refractivity contribution is 0.461. The van der Waals surface area contributed by atoms with E-state index in [1.54, 1.807) is 29.5 Å². The number of aromatic hydroxyl groups is 1. The van der Waals surface area contributed by atoms with Gasteiger partial charge in [-0.3, -0.25) is 0 Å². The molecule has 0 saturated carbocycles. The third kappa shape index (κ3) is 3.00. The van der Waals surface area contributed by atoms with Crippen LogP contribution >= 0.6 is 22.9 Å². The Morgan fingerprint density at radius 3 is 2.82 bits per heavy atom.